The minimum absolute atomic E-state index is 0.219. The van der Waals surface area contributed by atoms with Crippen LogP contribution in [0.15, 0.2) is 36.5 Å². The van der Waals surface area contributed by atoms with Crippen LogP contribution in [-0.4, -0.2) is 35.0 Å². The lowest BCUT2D eigenvalue weighted by molar-refractivity contribution is 0.0527. The summed E-state index contributed by atoms with van der Waals surface area (Å²) < 4.78 is 5.01. The Labute approximate surface area is 153 Å². The minimum Gasteiger partial charge on any atom is -0.462 e. The molecule has 0 aliphatic rings. The van der Waals surface area contributed by atoms with Gasteiger partial charge in [0.1, 0.15) is 5.69 Å². The number of carbonyl (C=O) groups is 2. The van der Waals surface area contributed by atoms with E-state index in [0.717, 1.165) is 25.8 Å². The zero-order valence-electron chi connectivity index (χ0n) is 15.1. The highest BCUT2D eigenvalue weighted by Gasteiger charge is 2.16. The summed E-state index contributed by atoms with van der Waals surface area (Å²) in [6, 6.07) is 8.23. The van der Waals surface area contributed by atoms with Crippen LogP contribution in [0, 0.1) is 0 Å². The summed E-state index contributed by atoms with van der Waals surface area (Å²) in [4.78, 5) is 32.8. The van der Waals surface area contributed by atoms with Gasteiger partial charge in [0.05, 0.1) is 17.9 Å². The maximum atomic E-state index is 12.5. The Hall–Kier alpha value is -2.96. The molecule has 0 unspecified atom stereocenters. The zero-order chi connectivity index (χ0) is 18.8. The monoisotopic (exact) mass is 356 g/mol. The fraction of sp³-hybridized carbons (Fsp3) is 0.368. The van der Waals surface area contributed by atoms with Gasteiger partial charge in [0.25, 0.3) is 5.91 Å². The molecule has 0 saturated carbocycles. The van der Waals surface area contributed by atoms with Crippen molar-refractivity contribution in [1.82, 2.24) is 9.97 Å². The number of hydrogen-bond donors (Lipinski definition) is 2. The molecule has 0 fully saturated rings. The van der Waals surface area contributed by atoms with Crippen LogP contribution in [0.5, 0.6) is 0 Å². The summed E-state index contributed by atoms with van der Waals surface area (Å²) in [5, 5.41) is 5.82. The van der Waals surface area contributed by atoms with Crippen LogP contribution in [0.25, 0.3) is 0 Å². The molecule has 1 heterocycles. The first-order valence-corrected chi connectivity index (χ1v) is 8.80. The Bertz CT molecular complexity index is 749. The van der Waals surface area contributed by atoms with Crippen LogP contribution < -0.4 is 10.6 Å². The van der Waals surface area contributed by atoms with Crippen LogP contribution >= 0.6 is 0 Å². The van der Waals surface area contributed by atoms with Crippen molar-refractivity contribution < 1.29 is 14.3 Å². The summed E-state index contributed by atoms with van der Waals surface area (Å²) in [6.07, 6.45) is 4.80. The number of aromatic nitrogens is 2. The number of benzene rings is 1. The number of esters is 1. The second-order valence-electron chi connectivity index (χ2n) is 5.62. The molecule has 1 aromatic carbocycles. The quantitative estimate of drug-likeness (QED) is 0.527. The molecule has 138 valence electrons. The van der Waals surface area contributed by atoms with E-state index in [1.807, 2.05) is 0 Å². The number of hydrogen-bond acceptors (Lipinski definition) is 6. The maximum absolute atomic E-state index is 12.5. The van der Waals surface area contributed by atoms with Crippen molar-refractivity contribution in [3.8, 4) is 0 Å². The number of unbranched alkanes of at least 4 members (excludes halogenated alkanes) is 2. The second kappa shape index (κ2) is 10.1. The van der Waals surface area contributed by atoms with Crippen LogP contribution in [0.4, 0.5) is 11.6 Å². The molecule has 0 spiro atoms. The highest BCUT2D eigenvalue weighted by atomic mass is 16.5. The number of nitrogens with zero attached hydrogens (tertiary/aromatic N) is 2. The van der Waals surface area contributed by atoms with E-state index in [1.54, 1.807) is 31.2 Å². The average Bonchev–Trinajstić information content (AvgIpc) is 2.66. The van der Waals surface area contributed by atoms with Gasteiger partial charge in [-0.2, -0.15) is 0 Å². The number of nitrogens with one attached hydrogen (secondary N) is 2. The first kappa shape index (κ1) is 19.4. The molecule has 1 amide bonds. The fourth-order valence-electron chi connectivity index (χ4n) is 2.31. The largest absolute Gasteiger partial charge is 0.462 e. The normalized spacial score (nSPS) is 10.2. The summed E-state index contributed by atoms with van der Waals surface area (Å²) in [6.45, 7) is 4.88. The lowest BCUT2D eigenvalue weighted by atomic mass is 10.1. The molecule has 0 radical (unpaired) electrons. The molecule has 26 heavy (non-hydrogen) atoms. The number of ether oxygens (including phenoxy) is 1. The fourth-order valence-corrected chi connectivity index (χ4v) is 2.31. The Morgan fingerprint density at radius 3 is 2.69 bits per heavy atom. The Morgan fingerprint density at radius 2 is 1.92 bits per heavy atom. The van der Waals surface area contributed by atoms with Crippen molar-refractivity contribution in [2.45, 2.75) is 33.1 Å². The van der Waals surface area contributed by atoms with Crippen LogP contribution in [0.1, 0.15) is 54.0 Å². The molecule has 0 aliphatic carbocycles. The van der Waals surface area contributed by atoms with Crippen LogP contribution in [0.3, 0.4) is 0 Å². The predicted molar refractivity (Wildman–Crippen MR) is 100 cm³/mol. The van der Waals surface area contributed by atoms with Crippen molar-refractivity contribution in [1.29, 1.82) is 0 Å². The lowest BCUT2D eigenvalue weighted by Gasteiger charge is -2.10. The van der Waals surface area contributed by atoms with Gasteiger partial charge in [0.2, 0.25) is 5.95 Å². The molecule has 0 aliphatic heterocycles. The molecular formula is C19H24N4O3. The van der Waals surface area contributed by atoms with Gasteiger partial charge in [0, 0.05) is 12.7 Å². The maximum Gasteiger partial charge on any atom is 0.340 e. The number of anilines is 2. The molecule has 2 N–H and O–H groups in total. The van der Waals surface area contributed by atoms with Gasteiger partial charge in [-0.05, 0) is 31.5 Å². The lowest BCUT2D eigenvalue weighted by Crippen LogP contribution is -2.18. The predicted octanol–water partition coefficient (Wildman–Crippen LogP) is 3.51. The van der Waals surface area contributed by atoms with E-state index < -0.39 is 11.9 Å². The molecule has 7 heteroatoms. The van der Waals surface area contributed by atoms with Gasteiger partial charge < -0.3 is 15.4 Å². The van der Waals surface area contributed by atoms with Gasteiger partial charge in [-0.3, -0.25) is 4.79 Å². The molecule has 1 aromatic heterocycles. The SMILES string of the molecule is CCCCCNc1nccc(C(=O)Nc2ccccc2C(=O)OCC)n1. The third-order valence-corrected chi connectivity index (χ3v) is 3.62. The topological polar surface area (TPSA) is 93.2 Å². The molecule has 2 aromatic rings. The van der Waals surface area contributed by atoms with Crippen molar-refractivity contribution in [2.75, 3.05) is 23.8 Å². The van der Waals surface area contributed by atoms with Crippen LogP contribution in [0.2, 0.25) is 0 Å². The third-order valence-electron chi connectivity index (χ3n) is 3.62. The summed E-state index contributed by atoms with van der Waals surface area (Å²) in [5.41, 5.74) is 0.901. The number of para-hydroxylation sites is 1. The average molecular weight is 356 g/mol. The van der Waals surface area contributed by atoms with E-state index in [-0.39, 0.29) is 12.3 Å². The minimum atomic E-state index is -0.482. The highest BCUT2D eigenvalue weighted by molar-refractivity contribution is 6.07. The van der Waals surface area contributed by atoms with E-state index in [2.05, 4.69) is 27.5 Å². The smallest absolute Gasteiger partial charge is 0.340 e. The summed E-state index contributed by atoms with van der Waals surface area (Å²) in [7, 11) is 0. The molecule has 2 rings (SSSR count). The number of carbonyl (C=O) groups excluding carboxylic acids is 2. The first-order valence-electron chi connectivity index (χ1n) is 8.80. The standard InChI is InChI=1S/C19H24N4O3/c1-3-5-8-12-20-19-21-13-11-16(23-19)17(24)22-15-10-7-6-9-14(15)18(25)26-4-2/h6-7,9-11,13H,3-5,8,12H2,1-2H3,(H,22,24)(H,20,21,23). The second-order valence-corrected chi connectivity index (χ2v) is 5.62. The number of amides is 1. The van der Waals surface area contributed by atoms with E-state index in [0.29, 0.717) is 17.2 Å². The Kier molecular flexibility index (Phi) is 7.54. The molecular weight excluding hydrogens is 332 g/mol. The molecule has 0 saturated heterocycles. The summed E-state index contributed by atoms with van der Waals surface area (Å²) in [5.74, 6) is -0.488. The van der Waals surface area contributed by atoms with E-state index >= 15 is 0 Å². The van der Waals surface area contributed by atoms with E-state index in [1.165, 1.54) is 12.3 Å². The van der Waals surface area contributed by atoms with Crippen molar-refractivity contribution >= 4 is 23.5 Å². The summed E-state index contributed by atoms with van der Waals surface area (Å²) >= 11 is 0. The van der Waals surface area contributed by atoms with Gasteiger partial charge in [-0.25, -0.2) is 14.8 Å². The van der Waals surface area contributed by atoms with Crippen molar-refractivity contribution in [3.05, 3.63) is 47.8 Å². The highest BCUT2D eigenvalue weighted by Crippen LogP contribution is 2.17. The van der Waals surface area contributed by atoms with Gasteiger partial charge in [-0.15, -0.1) is 0 Å². The Balaban J connectivity index is 2.07. The molecule has 0 bridgehead atoms. The van der Waals surface area contributed by atoms with Gasteiger partial charge in [-0.1, -0.05) is 31.9 Å². The van der Waals surface area contributed by atoms with Crippen LogP contribution in [-0.2, 0) is 4.74 Å². The first-order chi connectivity index (χ1) is 12.7. The molecule has 0 atom stereocenters. The van der Waals surface area contributed by atoms with Crippen molar-refractivity contribution in [3.63, 3.8) is 0 Å². The van der Waals surface area contributed by atoms with Gasteiger partial charge >= 0.3 is 5.97 Å². The van der Waals surface area contributed by atoms with Crippen molar-refractivity contribution in [2.24, 2.45) is 0 Å². The Morgan fingerprint density at radius 1 is 1.12 bits per heavy atom. The molecule has 7 nitrogen and oxygen atoms in total. The zero-order valence-corrected chi connectivity index (χ0v) is 15.1. The van der Waals surface area contributed by atoms with E-state index in [4.69, 9.17) is 4.74 Å². The van der Waals surface area contributed by atoms with E-state index in [9.17, 15) is 9.59 Å². The third kappa shape index (κ3) is 5.54. The van der Waals surface area contributed by atoms with Gasteiger partial charge in [0.15, 0.2) is 0 Å². The number of rotatable bonds is 9.